The van der Waals surface area contributed by atoms with Crippen LogP contribution < -0.4 is 0 Å². The van der Waals surface area contributed by atoms with Crippen LogP contribution in [0.5, 0.6) is 0 Å². The number of rotatable bonds is 5. The van der Waals surface area contributed by atoms with E-state index in [0.29, 0.717) is 29.0 Å². The molecule has 0 fully saturated rings. The first-order valence-corrected chi connectivity index (χ1v) is 6.64. The molecular weight excluding hydrogens is 294 g/mol. The van der Waals surface area contributed by atoms with Crippen LogP contribution in [0.2, 0.25) is 0 Å². The Morgan fingerprint density at radius 1 is 0.826 bits per heavy atom. The van der Waals surface area contributed by atoms with E-state index in [1.807, 2.05) is 12.1 Å². The van der Waals surface area contributed by atoms with E-state index in [2.05, 4.69) is 15.0 Å². The molecule has 0 aliphatic carbocycles. The van der Waals surface area contributed by atoms with Gasteiger partial charge in [0.2, 0.25) is 18.2 Å². The largest absolute Gasteiger partial charge is 0.240 e. The molecule has 6 heteroatoms. The predicted octanol–water partition coefficient (Wildman–Crippen LogP) is 3.49. The summed E-state index contributed by atoms with van der Waals surface area (Å²) in [5, 5.41) is 0. The minimum Gasteiger partial charge on any atom is -0.211 e. The van der Waals surface area contributed by atoms with Crippen molar-refractivity contribution >= 4 is 35.3 Å². The van der Waals surface area contributed by atoms with Crippen molar-refractivity contribution < 1.29 is 14.4 Å². The molecule has 0 aliphatic rings. The molecule has 2 rings (SSSR count). The van der Waals surface area contributed by atoms with Crippen LogP contribution in [0, 0.1) is 6.92 Å². The van der Waals surface area contributed by atoms with E-state index in [-0.39, 0.29) is 0 Å². The van der Waals surface area contributed by atoms with Crippen molar-refractivity contribution in [3.8, 4) is 0 Å². The Kier molecular flexibility index (Phi) is 5.24. The van der Waals surface area contributed by atoms with Gasteiger partial charge in [-0.25, -0.2) is 14.4 Å². The fourth-order valence-corrected chi connectivity index (χ4v) is 2.22. The van der Waals surface area contributed by atoms with Gasteiger partial charge in [-0.3, -0.25) is 0 Å². The number of carbonyl (C=O) groups excluding carboxylic acids is 3. The molecule has 0 heterocycles. The number of aliphatic imine (C=N–C) groups is 3. The Morgan fingerprint density at radius 3 is 2.09 bits per heavy atom. The van der Waals surface area contributed by atoms with Crippen LogP contribution in [0.1, 0.15) is 16.7 Å². The molecule has 0 unspecified atom stereocenters. The molecule has 2 aromatic carbocycles. The smallest absolute Gasteiger partial charge is 0.211 e. The van der Waals surface area contributed by atoms with Crippen LogP contribution in [-0.2, 0) is 20.8 Å². The number of isocyanates is 3. The summed E-state index contributed by atoms with van der Waals surface area (Å²) in [6.07, 6.45) is 4.99. The second kappa shape index (κ2) is 7.55. The van der Waals surface area contributed by atoms with Gasteiger partial charge >= 0.3 is 0 Å². The van der Waals surface area contributed by atoms with Crippen molar-refractivity contribution in [1.29, 1.82) is 0 Å². The van der Waals surface area contributed by atoms with E-state index >= 15 is 0 Å². The lowest BCUT2D eigenvalue weighted by molar-refractivity contribution is 0.564. The average Bonchev–Trinajstić information content (AvgIpc) is 2.56. The Bertz CT molecular complexity index is 869. The molecule has 0 aromatic heterocycles. The SMILES string of the molecule is Cc1c(N=C=O)ccc(Cc2ccc(N=C=O)cc2)c1N=C=O. The monoisotopic (exact) mass is 305 g/mol. The molecule has 0 saturated heterocycles. The van der Waals surface area contributed by atoms with Gasteiger partial charge in [0.25, 0.3) is 0 Å². The quantitative estimate of drug-likeness (QED) is 0.625. The molecule has 0 atom stereocenters. The summed E-state index contributed by atoms with van der Waals surface area (Å²) >= 11 is 0. The zero-order valence-corrected chi connectivity index (χ0v) is 12.2. The van der Waals surface area contributed by atoms with Gasteiger partial charge in [-0.15, -0.1) is 0 Å². The van der Waals surface area contributed by atoms with Gasteiger partial charge in [0.05, 0.1) is 17.1 Å². The van der Waals surface area contributed by atoms with E-state index in [1.54, 1.807) is 31.2 Å². The zero-order chi connectivity index (χ0) is 16.7. The van der Waals surface area contributed by atoms with Gasteiger partial charge < -0.3 is 0 Å². The summed E-state index contributed by atoms with van der Waals surface area (Å²) in [4.78, 5) is 42.1. The van der Waals surface area contributed by atoms with Gasteiger partial charge in [0.1, 0.15) is 0 Å². The third kappa shape index (κ3) is 3.82. The Hall–Kier alpha value is -3.42. The molecule has 0 spiro atoms. The summed E-state index contributed by atoms with van der Waals surface area (Å²) in [6, 6.07) is 10.4. The van der Waals surface area contributed by atoms with Gasteiger partial charge in [-0.05, 0) is 42.7 Å². The maximum atomic E-state index is 10.7. The fourth-order valence-electron chi connectivity index (χ4n) is 2.22. The normalized spacial score (nSPS) is 9.26. The third-order valence-corrected chi connectivity index (χ3v) is 3.32. The highest BCUT2D eigenvalue weighted by atomic mass is 16.1. The highest BCUT2D eigenvalue weighted by molar-refractivity contribution is 5.69. The number of hydrogen-bond donors (Lipinski definition) is 0. The lowest BCUT2D eigenvalue weighted by Crippen LogP contribution is -1.91. The van der Waals surface area contributed by atoms with Crippen molar-refractivity contribution in [3.63, 3.8) is 0 Å². The summed E-state index contributed by atoms with van der Waals surface area (Å²) in [5.74, 6) is 0. The molecule has 6 nitrogen and oxygen atoms in total. The van der Waals surface area contributed by atoms with Crippen molar-refractivity contribution in [2.45, 2.75) is 13.3 Å². The first kappa shape index (κ1) is 16.0. The second-order valence-electron chi connectivity index (χ2n) is 4.67. The first-order valence-electron chi connectivity index (χ1n) is 6.64. The summed E-state index contributed by atoms with van der Waals surface area (Å²) in [7, 11) is 0. The van der Waals surface area contributed by atoms with Gasteiger partial charge in [-0.1, -0.05) is 18.2 Å². The Balaban J connectivity index is 2.42. The fraction of sp³-hybridized carbons (Fsp3) is 0.118. The van der Waals surface area contributed by atoms with Crippen molar-refractivity contribution in [1.82, 2.24) is 0 Å². The van der Waals surface area contributed by atoms with Crippen LogP contribution in [0.3, 0.4) is 0 Å². The number of hydrogen-bond acceptors (Lipinski definition) is 6. The van der Waals surface area contributed by atoms with Gasteiger partial charge in [-0.2, -0.15) is 15.0 Å². The van der Waals surface area contributed by atoms with Crippen LogP contribution in [0.25, 0.3) is 0 Å². The van der Waals surface area contributed by atoms with Crippen LogP contribution in [0.15, 0.2) is 51.4 Å². The molecule has 112 valence electrons. The molecule has 0 aliphatic heterocycles. The molecule has 0 saturated carbocycles. The summed E-state index contributed by atoms with van der Waals surface area (Å²) in [5.41, 5.74) is 3.71. The van der Waals surface area contributed by atoms with E-state index < -0.39 is 0 Å². The van der Waals surface area contributed by atoms with Crippen molar-refractivity contribution in [3.05, 3.63) is 53.1 Å². The molecule has 0 bridgehead atoms. The molecule has 2 aromatic rings. The highest BCUT2D eigenvalue weighted by Crippen LogP contribution is 2.33. The maximum Gasteiger partial charge on any atom is 0.240 e. The van der Waals surface area contributed by atoms with Crippen LogP contribution >= 0.6 is 0 Å². The second-order valence-corrected chi connectivity index (χ2v) is 4.67. The Morgan fingerprint density at radius 2 is 1.48 bits per heavy atom. The first-order chi connectivity index (χ1) is 11.2. The zero-order valence-electron chi connectivity index (χ0n) is 12.2. The highest BCUT2D eigenvalue weighted by Gasteiger charge is 2.10. The number of nitrogens with zero attached hydrogens (tertiary/aromatic N) is 3. The summed E-state index contributed by atoms with van der Waals surface area (Å²) in [6.45, 7) is 1.72. The molecule has 0 amide bonds. The van der Waals surface area contributed by atoms with E-state index in [0.717, 1.165) is 11.1 Å². The maximum absolute atomic E-state index is 10.7. The van der Waals surface area contributed by atoms with Gasteiger partial charge in [0, 0.05) is 5.56 Å². The summed E-state index contributed by atoms with van der Waals surface area (Å²) < 4.78 is 0. The van der Waals surface area contributed by atoms with E-state index in [9.17, 15) is 14.4 Å². The lowest BCUT2D eigenvalue weighted by Gasteiger charge is -2.09. The van der Waals surface area contributed by atoms with Gasteiger partial charge in [0.15, 0.2) is 0 Å². The minimum atomic E-state index is 0.411. The Labute approximate surface area is 131 Å². The molecule has 0 N–H and O–H groups in total. The standard InChI is InChI=1S/C17H11N3O3/c1-12-16(19-10-22)7-4-14(17(12)20-11-23)8-13-2-5-15(6-3-13)18-9-21/h2-7H,8H2,1H3. The molecule has 23 heavy (non-hydrogen) atoms. The van der Waals surface area contributed by atoms with E-state index in [4.69, 9.17) is 0 Å². The predicted molar refractivity (Wildman–Crippen MR) is 83.8 cm³/mol. The number of benzene rings is 2. The molecular formula is C17H11N3O3. The van der Waals surface area contributed by atoms with Crippen molar-refractivity contribution in [2.75, 3.05) is 0 Å². The van der Waals surface area contributed by atoms with Crippen molar-refractivity contribution in [2.24, 2.45) is 15.0 Å². The average molecular weight is 305 g/mol. The van der Waals surface area contributed by atoms with Crippen LogP contribution in [0.4, 0.5) is 17.1 Å². The third-order valence-electron chi connectivity index (χ3n) is 3.32. The lowest BCUT2D eigenvalue weighted by atomic mass is 9.99. The van der Waals surface area contributed by atoms with E-state index in [1.165, 1.54) is 18.2 Å². The minimum absolute atomic E-state index is 0.411. The topological polar surface area (TPSA) is 88.3 Å². The van der Waals surface area contributed by atoms with Crippen LogP contribution in [-0.4, -0.2) is 18.2 Å². The molecule has 0 radical (unpaired) electrons.